The molecule has 4 rings (SSSR count). The van der Waals surface area contributed by atoms with Crippen molar-refractivity contribution < 1.29 is 9.72 Å². The molecule has 0 atom stereocenters. The van der Waals surface area contributed by atoms with E-state index in [1.54, 1.807) is 36.4 Å². The van der Waals surface area contributed by atoms with Crippen LogP contribution in [0.5, 0.6) is 0 Å². The lowest BCUT2D eigenvalue weighted by atomic mass is 10.2. The van der Waals surface area contributed by atoms with Gasteiger partial charge in [-0.05, 0) is 60.2 Å². The van der Waals surface area contributed by atoms with E-state index in [-0.39, 0.29) is 11.6 Å². The summed E-state index contributed by atoms with van der Waals surface area (Å²) in [5.74, 6) is -0.344. The fourth-order valence-corrected chi connectivity index (χ4v) is 4.43. The molecule has 0 aliphatic carbocycles. The van der Waals surface area contributed by atoms with Crippen molar-refractivity contribution in [2.75, 3.05) is 5.01 Å². The number of anilines is 1. The molecule has 0 unspecified atom stereocenters. The van der Waals surface area contributed by atoms with Gasteiger partial charge in [-0.1, -0.05) is 43.2 Å². The van der Waals surface area contributed by atoms with Gasteiger partial charge in [0.15, 0.2) is 0 Å². The Morgan fingerprint density at radius 1 is 1.03 bits per heavy atom. The van der Waals surface area contributed by atoms with Crippen LogP contribution in [0.4, 0.5) is 10.8 Å². The molecule has 0 saturated heterocycles. The maximum absolute atomic E-state index is 13.2. The van der Waals surface area contributed by atoms with Crippen LogP contribution in [0.3, 0.4) is 0 Å². The maximum Gasteiger partial charge on any atom is 0.280 e. The minimum atomic E-state index is -0.469. The predicted octanol–water partition coefficient (Wildman–Crippen LogP) is 6.41. The second-order valence-electron chi connectivity index (χ2n) is 6.33. The standard InChI is InChI=1S/C21H12Br2N4O3S/c22-15-5-3-14(4-6-15)20(28)26(21-25-18-10-7-16(23)11-19(18)31-21)24-12-13-1-8-17(9-2-13)27(29)30/h1-12H/b24-12+. The van der Waals surface area contributed by atoms with Crippen LogP contribution in [0.25, 0.3) is 10.2 Å². The van der Waals surface area contributed by atoms with Crippen molar-refractivity contribution in [2.45, 2.75) is 0 Å². The number of amides is 1. The lowest BCUT2D eigenvalue weighted by molar-refractivity contribution is -0.384. The average molecular weight is 560 g/mol. The lowest BCUT2D eigenvalue weighted by Gasteiger charge is -2.14. The van der Waals surface area contributed by atoms with E-state index in [9.17, 15) is 14.9 Å². The Bertz CT molecular complexity index is 1300. The third kappa shape index (κ3) is 4.87. The van der Waals surface area contributed by atoms with Gasteiger partial charge in [0.05, 0.1) is 21.4 Å². The number of carbonyl (C=O) groups excluding carboxylic acids is 1. The Morgan fingerprint density at radius 3 is 2.39 bits per heavy atom. The van der Waals surface area contributed by atoms with Crippen LogP contribution in [-0.4, -0.2) is 22.0 Å². The van der Waals surface area contributed by atoms with E-state index in [4.69, 9.17) is 0 Å². The summed E-state index contributed by atoms with van der Waals surface area (Å²) in [5.41, 5.74) is 1.80. The number of hydrogen-bond donors (Lipinski definition) is 0. The van der Waals surface area contributed by atoms with Crippen molar-refractivity contribution in [1.29, 1.82) is 0 Å². The van der Waals surface area contributed by atoms with E-state index in [1.165, 1.54) is 34.7 Å². The van der Waals surface area contributed by atoms with Gasteiger partial charge >= 0.3 is 0 Å². The van der Waals surface area contributed by atoms with Gasteiger partial charge in [0.1, 0.15) is 0 Å². The van der Waals surface area contributed by atoms with E-state index >= 15 is 0 Å². The van der Waals surface area contributed by atoms with Gasteiger partial charge in [0, 0.05) is 26.6 Å². The number of nitro groups is 1. The molecule has 0 saturated carbocycles. The van der Waals surface area contributed by atoms with Gasteiger partial charge in [0.25, 0.3) is 11.6 Å². The first-order chi connectivity index (χ1) is 14.9. The number of thiazole rings is 1. The molecule has 10 heteroatoms. The second-order valence-corrected chi connectivity index (χ2v) is 9.17. The summed E-state index contributed by atoms with van der Waals surface area (Å²) in [5, 5.41) is 16.9. The molecule has 1 amide bonds. The van der Waals surface area contributed by atoms with Gasteiger partial charge < -0.3 is 0 Å². The number of halogens is 2. The van der Waals surface area contributed by atoms with E-state index in [2.05, 4.69) is 41.9 Å². The first-order valence-electron chi connectivity index (χ1n) is 8.85. The highest BCUT2D eigenvalue weighted by molar-refractivity contribution is 9.10. The lowest BCUT2D eigenvalue weighted by Crippen LogP contribution is -2.25. The summed E-state index contributed by atoms with van der Waals surface area (Å²) in [6.07, 6.45) is 1.47. The monoisotopic (exact) mass is 558 g/mol. The molecule has 7 nitrogen and oxygen atoms in total. The van der Waals surface area contributed by atoms with Gasteiger partial charge in [-0.2, -0.15) is 10.1 Å². The van der Waals surface area contributed by atoms with Crippen molar-refractivity contribution in [3.05, 3.63) is 96.9 Å². The average Bonchev–Trinajstić information content (AvgIpc) is 3.17. The topological polar surface area (TPSA) is 88.7 Å². The SMILES string of the molecule is O=C(c1ccc(Br)cc1)N(/N=C/c1ccc([N+](=O)[O-])cc1)c1nc2ccc(Br)cc2s1. The molecular formula is C21H12Br2N4O3S. The third-order valence-corrected chi connectivity index (χ3v) is 6.25. The third-order valence-electron chi connectivity index (χ3n) is 4.23. The summed E-state index contributed by atoms with van der Waals surface area (Å²) in [4.78, 5) is 28.2. The minimum Gasteiger partial charge on any atom is -0.267 e. The van der Waals surface area contributed by atoms with Crippen molar-refractivity contribution in [3.8, 4) is 0 Å². The molecule has 3 aromatic carbocycles. The number of carbonyl (C=O) groups is 1. The van der Waals surface area contributed by atoms with Crippen LogP contribution in [-0.2, 0) is 0 Å². The number of aromatic nitrogens is 1. The number of fused-ring (bicyclic) bond motifs is 1. The predicted molar refractivity (Wildman–Crippen MR) is 129 cm³/mol. The molecule has 0 bridgehead atoms. The summed E-state index contributed by atoms with van der Waals surface area (Å²) in [6, 6.07) is 18.5. The summed E-state index contributed by atoms with van der Waals surface area (Å²) in [7, 11) is 0. The molecule has 154 valence electrons. The highest BCUT2D eigenvalue weighted by Gasteiger charge is 2.21. The van der Waals surface area contributed by atoms with Crippen LogP contribution >= 0.6 is 43.2 Å². The largest absolute Gasteiger partial charge is 0.280 e. The van der Waals surface area contributed by atoms with Crippen molar-refractivity contribution in [2.24, 2.45) is 5.10 Å². The summed E-state index contributed by atoms with van der Waals surface area (Å²) >= 11 is 8.15. The Hall–Kier alpha value is -2.95. The molecule has 0 aliphatic rings. The van der Waals surface area contributed by atoms with Crippen LogP contribution in [0, 0.1) is 10.1 Å². The van der Waals surface area contributed by atoms with E-state index in [0.29, 0.717) is 16.3 Å². The Morgan fingerprint density at radius 2 is 1.71 bits per heavy atom. The fraction of sp³-hybridized carbons (Fsp3) is 0. The van der Waals surface area contributed by atoms with Crippen LogP contribution < -0.4 is 5.01 Å². The van der Waals surface area contributed by atoms with Crippen LogP contribution in [0.1, 0.15) is 15.9 Å². The zero-order chi connectivity index (χ0) is 22.0. The highest BCUT2D eigenvalue weighted by Crippen LogP contribution is 2.32. The first-order valence-corrected chi connectivity index (χ1v) is 11.3. The number of hydrazone groups is 1. The molecule has 1 heterocycles. The van der Waals surface area contributed by atoms with Crippen LogP contribution in [0.15, 0.2) is 80.8 Å². The minimum absolute atomic E-state index is 0.0169. The van der Waals surface area contributed by atoms with Gasteiger partial charge in [0.2, 0.25) is 5.13 Å². The normalized spacial score (nSPS) is 11.2. The zero-order valence-electron chi connectivity index (χ0n) is 15.6. The van der Waals surface area contributed by atoms with E-state index < -0.39 is 4.92 Å². The van der Waals surface area contributed by atoms with Crippen LogP contribution in [0.2, 0.25) is 0 Å². The number of rotatable bonds is 5. The Labute approximate surface area is 197 Å². The van der Waals surface area contributed by atoms with Crippen molar-refractivity contribution in [1.82, 2.24) is 4.98 Å². The van der Waals surface area contributed by atoms with Crippen molar-refractivity contribution in [3.63, 3.8) is 0 Å². The fourth-order valence-electron chi connectivity index (χ4n) is 2.69. The number of nitrogens with zero attached hydrogens (tertiary/aromatic N) is 4. The molecule has 4 aromatic rings. The highest BCUT2D eigenvalue weighted by atomic mass is 79.9. The molecular weight excluding hydrogens is 548 g/mol. The molecule has 0 spiro atoms. The summed E-state index contributed by atoms with van der Waals surface area (Å²) < 4.78 is 2.67. The molecule has 1 aromatic heterocycles. The molecule has 31 heavy (non-hydrogen) atoms. The number of non-ortho nitro benzene ring substituents is 1. The Balaban J connectivity index is 1.73. The smallest absolute Gasteiger partial charge is 0.267 e. The number of nitro benzene ring substituents is 1. The Kier molecular flexibility index (Phi) is 6.21. The van der Waals surface area contributed by atoms with Gasteiger partial charge in [-0.25, -0.2) is 4.98 Å². The van der Waals surface area contributed by atoms with E-state index in [1.807, 2.05) is 18.2 Å². The molecule has 0 N–H and O–H groups in total. The molecule has 0 fully saturated rings. The first kappa shape index (κ1) is 21.3. The zero-order valence-corrected chi connectivity index (χ0v) is 19.6. The molecule has 0 radical (unpaired) electrons. The van der Waals surface area contributed by atoms with Gasteiger partial charge in [-0.15, -0.1) is 0 Å². The van der Waals surface area contributed by atoms with Crippen molar-refractivity contribution >= 4 is 76.4 Å². The molecule has 0 aliphatic heterocycles. The number of hydrogen-bond acceptors (Lipinski definition) is 6. The number of benzene rings is 3. The second kappa shape index (κ2) is 9.04. The van der Waals surface area contributed by atoms with E-state index in [0.717, 1.165) is 19.2 Å². The summed E-state index contributed by atoms with van der Waals surface area (Å²) in [6.45, 7) is 0. The quantitative estimate of drug-likeness (QED) is 0.160. The van der Waals surface area contributed by atoms with Gasteiger partial charge in [-0.3, -0.25) is 14.9 Å². The maximum atomic E-state index is 13.2.